The van der Waals surface area contributed by atoms with E-state index in [1.807, 2.05) is 6.08 Å². The Morgan fingerprint density at radius 1 is 0.960 bits per heavy atom. The number of ether oxygens (including phenoxy) is 1. The Balaban J connectivity index is 1.54. The van der Waals surface area contributed by atoms with Gasteiger partial charge in [-0.3, -0.25) is 0 Å². The van der Waals surface area contributed by atoms with Crippen LogP contribution in [0.1, 0.15) is 113 Å². The molecule has 4 aliphatic carbocycles. The van der Waals surface area contributed by atoms with Gasteiger partial charge in [-0.15, -0.1) is 0 Å². The number of amides is 1. The molecule has 0 bridgehead atoms. The molecular weight excluding hydrogens is 655 g/mol. The van der Waals surface area contributed by atoms with Crippen LogP contribution in [0.4, 0.5) is 4.79 Å². The van der Waals surface area contributed by atoms with Gasteiger partial charge < -0.3 is 23.6 Å². The van der Waals surface area contributed by atoms with Gasteiger partial charge in [0.2, 0.25) is 0 Å². The molecule has 4 aliphatic rings. The summed E-state index contributed by atoms with van der Waals surface area (Å²) in [5.41, 5.74) is 3.48. The molecule has 0 aromatic heterocycles. The van der Waals surface area contributed by atoms with Crippen molar-refractivity contribution in [2.45, 2.75) is 173 Å². The van der Waals surface area contributed by atoms with Crippen LogP contribution in [-0.4, -0.2) is 70.7 Å². The van der Waals surface area contributed by atoms with Crippen LogP contribution in [0.3, 0.4) is 0 Å². The van der Waals surface area contributed by atoms with E-state index in [0.717, 1.165) is 24.8 Å². The minimum Gasteiger partial charge on any atom is -0.440 e. The molecule has 0 aliphatic heterocycles. The van der Waals surface area contributed by atoms with Crippen molar-refractivity contribution in [1.29, 1.82) is 0 Å². The Hall–Kier alpha value is -1.46. The number of nitrogens with zero attached hydrogens (tertiary/aromatic N) is 1. The van der Waals surface area contributed by atoms with Crippen molar-refractivity contribution in [3.63, 3.8) is 0 Å². The lowest BCUT2D eigenvalue weighted by molar-refractivity contribution is -0.00426. The monoisotopic (exact) mass is 728 g/mol. The first-order valence-corrected chi connectivity index (χ1v) is 25.4. The number of hydrogen-bond acceptors (Lipinski definition) is 5. The summed E-state index contributed by atoms with van der Waals surface area (Å²) in [6.07, 6.45) is 17.1. The van der Waals surface area contributed by atoms with Crippen LogP contribution >= 0.6 is 0 Å². The summed E-state index contributed by atoms with van der Waals surface area (Å²) in [6, 6.07) is 0. The number of aliphatic hydroxyl groups is 1. The Bertz CT molecular complexity index is 1340. The molecule has 7 atom stereocenters. The molecule has 0 saturated heterocycles. The number of aliphatic hydroxyl groups excluding tert-OH is 1. The van der Waals surface area contributed by atoms with E-state index in [1.54, 1.807) is 19.7 Å². The van der Waals surface area contributed by atoms with Gasteiger partial charge >= 0.3 is 6.09 Å². The molecule has 8 heteroatoms. The summed E-state index contributed by atoms with van der Waals surface area (Å²) in [5, 5.41) is 11.3. The number of carbonyl (C=O) groups excluding carboxylic acids is 1. The zero-order valence-electron chi connectivity index (χ0n) is 34.4. The smallest absolute Gasteiger partial charge is 0.409 e. The maximum absolute atomic E-state index is 12.2. The first-order valence-electron chi connectivity index (χ1n) is 19.5. The molecule has 0 unspecified atom stereocenters. The van der Waals surface area contributed by atoms with Crippen molar-refractivity contribution < 1.29 is 23.5 Å². The Morgan fingerprint density at radius 3 is 2.12 bits per heavy atom. The van der Waals surface area contributed by atoms with Gasteiger partial charge in [-0.05, 0) is 122 Å². The predicted molar refractivity (Wildman–Crippen MR) is 213 cm³/mol. The Labute approximate surface area is 308 Å². The number of hydrogen-bond donors (Lipinski definition) is 1. The molecule has 50 heavy (non-hydrogen) atoms. The molecule has 284 valence electrons. The fraction of sp³-hybridized carbons (Fsp3) is 0.786. The van der Waals surface area contributed by atoms with Gasteiger partial charge in [0, 0.05) is 20.5 Å². The summed E-state index contributed by atoms with van der Waals surface area (Å²) in [6.45, 7) is 32.9. The van der Waals surface area contributed by atoms with E-state index in [9.17, 15) is 9.90 Å². The topological polar surface area (TPSA) is 68.2 Å². The summed E-state index contributed by atoms with van der Waals surface area (Å²) < 4.78 is 19.9. The highest BCUT2D eigenvalue weighted by Gasteiger charge is 2.53. The largest absolute Gasteiger partial charge is 0.440 e. The molecule has 4 saturated carbocycles. The van der Waals surface area contributed by atoms with Crippen LogP contribution in [0.5, 0.6) is 0 Å². The molecule has 6 nitrogen and oxygen atoms in total. The van der Waals surface area contributed by atoms with Crippen molar-refractivity contribution >= 4 is 22.7 Å². The van der Waals surface area contributed by atoms with Gasteiger partial charge in [0.1, 0.15) is 11.7 Å². The normalized spacial score (nSPS) is 31.9. The highest BCUT2D eigenvalue weighted by atomic mass is 28.4. The number of fused-ring (bicyclic) bond motifs is 1. The van der Waals surface area contributed by atoms with Gasteiger partial charge in [0.05, 0.1) is 12.2 Å². The van der Waals surface area contributed by atoms with Gasteiger partial charge in [-0.2, -0.15) is 0 Å². The second kappa shape index (κ2) is 14.8. The van der Waals surface area contributed by atoms with E-state index in [2.05, 4.69) is 106 Å². The van der Waals surface area contributed by atoms with Crippen LogP contribution in [0.2, 0.25) is 36.3 Å². The third-order valence-electron chi connectivity index (χ3n) is 13.9. The molecule has 0 aromatic rings. The van der Waals surface area contributed by atoms with Crippen molar-refractivity contribution in [3.8, 4) is 0 Å². The van der Waals surface area contributed by atoms with Crippen molar-refractivity contribution in [3.05, 3.63) is 47.6 Å². The van der Waals surface area contributed by atoms with Gasteiger partial charge in [-0.1, -0.05) is 91.8 Å². The highest BCUT2D eigenvalue weighted by Crippen LogP contribution is 2.60. The second-order valence-electron chi connectivity index (χ2n) is 19.9. The van der Waals surface area contributed by atoms with Crippen molar-refractivity contribution in [2.75, 3.05) is 14.1 Å². The summed E-state index contributed by atoms with van der Waals surface area (Å²) >= 11 is 0. The van der Waals surface area contributed by atoms with Crippen LogP contribution in [-0.2, 0) is 13.6 Å². The lowest BCUT2D eigenvalue weighted by Crippen LogP contribution is -2.49. The minimum absolute atomic E-state index is 0.0132. The number of rotatable bonds is 10. The fourth-order valence-corrected chi connectivity index (χ4v) is 11.0. The second-order valence-corrected chi connectivity index (χ2v) is 29.4. The molecule has 0 heterocycles. The summed E-state index contributed by atoms with van der Waals surface area (Å²) in [5.74, 6) is 1.43. The average molecular weight is 728 g/mol. The maximum Gasteiger partial charge on any atom is 0.409 e. The zero-order chi connectivity index (χ0) is 37.7. The Kier molecular flexibility index (Phi) is 12.2. The van der Waals surface area contributed by atoms with Crippen LogP contribution in [0.25, 0.3) is 0 Å². The lowest BCUT2D eigenvalue weighted by Gasteiger charge is -2.45. The molecule has 4 fully saturated rings. The van der Waals surface area contributed by atoms with E-state index >= 15 is 0 Å². The van der Waals surface area contributed by atoms with E-state index in [4.69, 9.17) is 13.6 Å². The van der Waals surface area contributed by atoms with Crippen molar-refractivity contribution in [1.82, 2.24) is 4.90 Å². The van der Waals surface area contributed by atoms with E-state index < -0.39 is 28.3 Å². The molecule has 0 spiro atoms. The third-order valence-corrected chi connectivity index (χ3v) is 23.0. The number of allylic oxidation sites excluding steroid dienone is 4. The summed E-state index contributed by atoms with van der Waals surface area (Å²) in [4.78, 5) is 13.6. The van der Waals surface area contributed by atoms with Crippen LogP contribution in [0.15, 0.2) is 47.6 Å². The molecule has 0 radical (unpaired) electrons. The van der Waals surface area contributed by atoms with E-state index in [-0.39, 0.29) is 33.8 Å². The van der Waals surface area contributed by atoms with Gasteiger partial charge in [-0.25, -0.2) is 4.79 Å². The first kappa shape index (κ1) is 41.3. The third kappa shape index (κ3) is 8.83. The van der Waals surface area contributed by atoms with E-state index in [0.29, 0.717) is 30.6 Å². The molecular formula is C42H73NO5Si2. The predicted octanol–water partition coefficient (Wildman–Crippen LogP) is 11.0. The van der Waals surface area contributed by atoms with Crippen molar-refractivity contribution in [2.24, 2.45) is 23.2 Å². The molecule has 0 aromatic carbocycles. The molecule has 1 N–H and O–H groups in total. The minimum atomic E-state index is -2.02. The fourth-order valence-electron chi connectivity index (χ4n) is 8.34. The van der Waals surface area contributed by atoms with Gasteiger partial charge in [0.25, 0.3) is 0 Å². The maximum atomic E-state index is 12.2. The quantitative estimate of drug-likeness (QED) is 0.179. The Morgan fingerprint density at radius 2 is 1.56 bits per heavy atom. The van der Waals surface area contributed by atoms with Crippen LogP contribution < -0.4 is 0 Å². The molecule has 1 amide bonds. The zero-order valence-corrected chi connectivity index (χ0v) is 36.4. The first-order chi connectivity index (χ1) is 22.8. The lowest BCUT2D eigenvalue weighted by atomic mass is 9.61. The standard InChI is InChI=1S/C42H73NO5Si2/c1-29(18-23-37(44)42(25-26-42)46-38(45)43(10)11)34-21-22-35-31(17-16-24-41(34,35)9)19-20-32-27-33(47-49(12,13)39(3,4)5)28-36(30(32)2)48-50(14,15)40(6,7)8/h18-20,23,29,33-37,44H,2,16-17,21-22,24-28H2,1,3-15H3/b23-18+,31-19+,32-20+/t29-,33-,34-,35+,36+,37+,41-/m1/s1. The van der Waals surface area contributed by atoms with Gasteiger partial charge in [0.15, 0.2) is 16.6 Å². The summed E-state index contributed by atoms with van der Waals surface area (Å²) in [7, 11) is -0.625. The van der Waals surface area contributed by atoms with E-state index in [1.165, 1.54) is 36.2 Å². The average Bonchev–Trinajstić information content (AvgIpc) is 3.67. The molecule has 4 rings (SSSR count). The van der Waals surface area contributed by atoms with Crippen LogP contribution in [0, 0.1) is 23.2 Å². The highest BCUT2D eigenvalue weighted by molar-refractivity contribution is 6.74. The number of carbonyl (C=O) groups is 1. The SMILES string of the molecule is C=C1/C(=C/C=C2\CCC[C@]3(C)[C@@H]([C@H](C)/C=C/[C@H](O)C4(OC(=O)N(C)C)CC4)CC[C@@H]23)C[C@@H](O[Si](C)(C)C(C)(C)C)C[C@@H]1O[Si](C)(C)C(C)(C)C.